The SMILES string of the molecule is C=C1CC(C(C)=O)N(C(C)=O)C1.CC. The largest absolute Gasteiger partial charge is 0.329 e. The zero-order valence-electron chi connectivity index (χ0n) is 9.46. The highest BCUT2D eigenvalue weighted by molar-refractivity contribution is 5.88. The van der Waals surface area contributed by atoms with Crippen LogP contribution in [0.3, 0.4) is 0 Å². The van der Waals surface area contributed by atoms with Crippen molar-refractivity contribution in [2.24, 2.45) is 0 Å². The van der Waals surface area contributed by atoms with Crippen LogP contribution < -0.4 is 0 Å². The fourth-order valence-corrected chi connectivity index (χ4v) is 1.49. The quantitative estimate of drug-likeness (QED) is 0.601. The molecule has 0 aliphatic carbocycles. The Morgan fingerprint density at radius 3 is 2.14 bits per heavy atom. The minimum atomic E-state index is -0.255. The number of hydrogen-bond donors (Lipinski definition) is 0. The van der Waals surface area contributed by atoms with E-state index in [1.807, 2.05) is 13.8 Å². The van der Waals surface area contributed by atoms with Crippen LogP contribution in [0.4, 0.5) is 0 Å². The molecule has 3 nitrogen and oxygen atoms in total. The van der Waals surface area contributed by atoms with E-state index < -0.39 is 0 Å². The maximum atomic E-state index is 11.1. The van der Waals surface area contributed by atoms with E-state index >= 15 is 0 Å². The fourth-order valence-electron chi connectivity index (χ4n) is 1.49. The number of ketones is 1. The first-order chi connectivity index (χ1) is 6.52. The van der Waals surface area contributed by atoms with Crippen LogP contribution in [0.1, 0.15) is 34.1 Å². The van der Waals surface area contributed by atoms with Crippen LogP contribution in [0.2, 0.25) is 0 Å². The molecule has 0 radical (unpaired) electrons. The van der Waals surface area contributed by atoms with Crippen LogP contribution in [0.25, 0.3) is 0 Å². The molecule has 0 N–H and O–H groups in total. The Hall–Kier alpha value is -1.12. The Balaban J connectivity index is 0.000000791. The second kappa shape index (κ2) is 5.58. The number of rotatable bonds is 1. The zero-order valence-corrected chi connectivity index (χ0v) is 9.46. The van der Waals surface area contributed by atoms with Gasteiger partial charge in [0.1, 0.15) is 0 Å². The first-order valence-corrected chi connectivity index (χ1v) is 4.96. The lowest BCUT2D eigenvalue weighted by Crippen LogP contribution is -2.37. The number of Topliss-reactive ketones (excluding diaryl/α,β-unsaturated/α-hetero) is 1. The normalized spacial score (nSPS) is 20.1. The summed E-state index contributed by atoms with van der Waals surface area (Å²) in [6, 6.07) is -0.255. The van der Waals surface area contributed by atoms with Crippen LogP contribution in [-0.4, -0.2) is 29.2 Å². The Labute approximate surface area is 85.8 Å². The molecule has 1 fully saturated rings. The van der Waals surface area contributed by atoms with E-state index in [4.69, 9.17) is 0 Å². The second-order valence-corrected chi connectivity index (χ2v) is 3.23. The highest BCUT2D eigenvalue weighted by atomic mass is 16.2. The average molecular weight is 197 g/mol. The number of amides is 1. The summed E-state index contributed by atoms with van der Waals surface area (Å²) in [4.78, 5) is 23.7. The van der Waals surface area contributed by atoms with E-state index in [0.717, 1.165) is 5.57 Å². The molecule has 1 aliphatic rings. The van der Waals surface area contributed by atoms with E-state index in [0.29, 0.717) is 13.0 Å². The van der Waals surface area contributed by atoms with Gasteiger partial charge in [0.25, 0.3) is 0 Å². The first kappa shape index (κ1) is 12.9. The smallest absolute Gasteiger partial charge is 0.220 e. The Morgan fingerprint density at radius 2 is 1.86 bits per heavy atom. The van der Waals surface area contributed by atoms with Gasteiger partial charge in [-0.15, -0.1) is 0 Å². The van der Waals surface area contributed by atoms with Crippen molar-refractivity contribution >= 4 is 11.7 Å². The molecule has 0 aromatic carbocycles. The van der Waals surface area contributed by atoms with Crippen LogP contribution in [0.5, 0.6) is 0 Å². The van der Waals surface area contributed by atoms with Crippen molar-refractivity contribution in [3.63, 3.8) is 0 Å². The van der Waals surface area contributed by atoms with Gasteiger partial charge in [-0.05, 0) is 13.3 Å². The predicted molar refractivity (Wildman–Crippen MR) is 57.0 cm³/mol. The molecule has 0 aromatic heterocycles. The van der Waals surface area contributed by atoms with Gasteiger partial charge in [0.15, 0.2) is 5.78 Å². The predicted octanol–water partition coefficient (Wildman–Crippen LogP) is 1.78. The van der Waals surface area contributed by atoms with Crippen LogP contribution in [0, 0.1) is 0 Å². The highest BCUT2D eigenvalue weighted by Crippen LogP contribution is 2.21. The molecule has 0 spiro atoms. The molecule has 1 atom stereocenters. The monoisotopic (exact) mass is 197 g/mol. The Bertz CT molecular complexity index is 222. The Kier molecular flexibility index (Phi) is 5.13. The molecule has 0 aromatic rings. The molecule has 3 heteroatoms. The summed E-state index contributed by atoms with van der Waals surface area (Å²) in [5, 5.41) is 0. The van der Waals surface area contributed by atoms with Gasteiger partial charge in [0.2, 0.25) is 5.91 Å². The standard InChI is InChI=1S/C9H13NO2.C2H6/c1-6-4-9(7(2)11)10(5-6)8(3)12;1-2/h9H,1,4-5H2,2-3H3;1-2H3. The molecule has 0 bridgehead atoms. The van der Waals surface area contributed by atoms with E-state index in [1.165, 1.54) is 13.8 Å². The summed E-state index contributed by atoms with van der Waals surface area (Å²) in [6.45, 7) is 11.3. The summed E-state index contributed by atoms with van der Waals surface area (Å²) in [6.07, 6.45) is 0.634. The van der Waals surface area contributed by atoms with E-state index in [2.05, 4.69) is 6.58 Å². The Morgan fingerprint density at radius 1 is 1.36 bits per heavy atom. The lowest BCUT2D eigenvalue weighted by atomic mass is 10.1. The van der Waals surface area contributed by atoms with E-state index in [-0.39, 0.29) is 17.7 Å². The summed E-state index contributed by atoms with van der Waals surface area (Å²) in [5.74, 6) is -0.00213. The summed E-state index contributed by atoms with van der Waals surface area (Å²) < 4.78 is 0. The van der Waals surface area contributed by atoms with Crippen molar-refractivity contribution in [3.05, 3.63) is 12.2 Å². The fraction of sp³-hybridized carbons (Fsp3) is 0.636. The second-order valence-electron chi connectivity index (χ2n) is 3.23. The van der Waals surface area contributed by atoms with Gasteiger partial charge in [-0.2, -0.15) is 0 Å². The lowest BCUT2D eigenvalue weighted by Gasteiger charge is -2.19. The van der Waals surface area contributed by atoms with Crippen molar-refractivity contribution in [2.45, 2.75) is 40.2 Å². The maximum absolute atomic E-state index is 11.1. The lowest BCUT2D eigenvalue weighted by molar-refractivity contribution is -0.135. The molecule has 1 amide bonds. The third-order valence-corrected chi connectivity index (χ3v) is 2.13. The van der Waals surface area contributed by atoms with Gasteiger partial charge in [-0.25, -0.2) is 0 Å². The van der Waals surface area contributed by atoms with Gasteiger partial charge in [-0.3, -0.25) is 9.59 Å². The molecule has 1 rings (SSSR count). The molecular weight excluding hydrogens is 178 g/mol. The maximum Gasteiger partial charge on any atom is 0.220 e. The van der Waals surface area contributed by atoms with Crippen molar-refractivity contribution in [1.82, 2.24) is 4.90 Å². The summed E-state index contributed by atoms with van der Waals surface area (Å²) in [5.41, 5.74) is 0.963. The molecule has 1 heterocycles. The van der Waals surface area contributed by atoms with Crippen LogP contribution in [0.15, 0.2) is 12.2 Å². The number of hydrogen-bond acceptors (Lipinski definition) is 2. The van der Waals surface area contributed by atoms with E-state index in [1.54, 1.807) is 4.90 Å². The highest BCUT2D eigenvalue weighted by Gasteiger charge is 2.31. The average Bonchev–Trinajstić information content (AvgIpc) is 2.51. The minimum absolute atomic E-state index is 0.0452. The van der Waals surface area contributed by atoms with Gasteiger partial charge in [0, 0.05) is 13.5 Å². The van der Waals surface area contributed by atoms with Crippen LogP contribution >= 0.6 is 0 Å². The number of carbonyl (C=O) groups excluding carboxylic acids is 2. The van der Waals surface area contributed by atoms with Gasteiger partial charge in [0.05, 0.1) is 6.04 Å². The summed E-state index contributed by atoms with van der Waals surface area (Å²) >= 11 is 0. The number of nitrogens with zero attached hydrogens (tertiary/aromatic N) is 1. The van der Waals surface area contributed by atoms with E-state index in [9.17, 15) is 9.59 Å². The zero-order chi connectivity index (χ0) is 11.3. The third kappa shape index (κ3) is 2.98. The molecule has 1 unspecified atom stereocenters. The molecule has 1 saturated heterocycles. The van der Waals surface area contributed by atoms with Crippen molar-refractivity contribution in [3.8, 4) is 0 Å². The molecule has 0 saturated carbocycles. The molecule has 1 aliphatic heterocycles. The molecular formula is C11H19NO2. The first-order valence-electron chi connectivity index (χ1n) is 4.96. The third-order valence-electron chi connectivity index (χ3n) is 2.13. The van der Waals surface area contributed by atoms with Crippen molar-refractivity contribution < 1.29 is 9.59 Å². The van der Waals surface area contributed by atoms with Gasteiger partial charge in [-0.1, -0.05) is 26.0 Å². The topological polar surface area (TPSA) is 37.4 Å². The van der Waals surface area contributed by atoms with Crippen molar-refractivity contribution in [1.29, 1.82) is 0 Å². The van der Waals surface area contributed by atoms with Gasteiger partial charge < -0.3 is 4.90 Å². The minimum Gasteiger partial charge on any atom is -0.329 e. The number of likely N-dealkylation sites (tertiary alicyclic amines) is 1. The van der Waals surface area contributed by atoms with Crippen LogP contribution in [-0.2, 0) is 9.59 Å². The number of carbonyl (C=O) groups is 2. The van der Waals surface area contributed by atoms with Gasteiger partial charge >= 0.3 is 0 Å². The molecule has 14 heavy (non-hydrogen) atoms. The van der Waals surface area contributed by atoms with Crippen molar-refractivity contribution in [2.75, 3.05) is 6.54 Å². The molecule has 80 valence electrons. The summed E-state index contributed by atoms with van der Waals surface area (Å²) in [7, 11) is 0.